The standard InChI is InChI=1S/2C16H13.C3H6.2ClH.Hf/c2*1-12-5-2-8-14(11-12)16-10-4-7-13-6-3-9-15(13)16;1-3-2;;;/h2*2-11H,1H3;1-2H3;2*1H;/q2*-1;;;;+2. The van der Waals surface area contributed by atoms with Gasteiger partial charge < -0.3 is 0 Å². The fourth-order valence-corrected chi connectivity index (χ4v) is 4.45. The topological polar surface area (TPSA) is 0 Å². The summed E-state index contributed by atoms with van der Waals surface area (Å²) < 4.78 is 1.56. The van der Waals surface area contributed by atoms with Crippen molar-refractivity contribution in [1.82, 2.24) is 0 Å². The van der Waals surface area contributed by atoms with E-state index >= 15 is 0 Å². The van der Waals surface area contributed by atoms with E-state index in [0.717, 1.165) is 0 Å². The molecule has 0 saturated heterocycles. The molecule has 6 aromatic rings. The number of fused-ring (bicyclic) bond motifs is 2. The van der Waals surface area contributed by atoms with E-state index in [0.29, 0.717) is 0 Å². The van der Waals surface area contributed by atoms with E-state index in [1.54, 1.807) is 3.26 Å². The molecule has 0 spiro atoms. The van der Waals surface area contributed by atoms with Crippen LogP contribution in [-0.2, 0) is 23.9 Å². The zero-order valence-corrected chi connectivity index (χ0v) is 27.6. The molecule has 0 atom stereocenters. The molecule has 0 radical (unpaired) electrons. The Morgan fingerprint density at radius 3 is 1.29 bits per heavy atom. The van der Waals surface area contributed by atoms with E-state index < -0.39 is 0 Å². The van der Waals surface area contributed by atoms with Crippen molar-refractivity contribution in [1.29, 1.82) is 0 Å². The second-order valence-corrected chi connectivity index (χ2v) is 13.0. The zero-order valence-electron chi connectivity index (χ0n) is 22.4. The Labute approximate surface area is 254 Å². The minimum Gasteiger partial charge on any atom is -0.168 e. The first kappa shape index (κ1) is 31.6. The largest absolute Gasteiger partial charge is 0.168 e. The maximum atomic E-state index is 2.24. The molecule has 0 aliphatic heterocycles. The quantitative estimate of drug-likeness (QED) is 0.124. The van der Waals surface area contributed by atoms with Crippen LogP contribution < -0.4 is 0 Å². The molecule has 192 valence electrons. The van der Waals surface area contributed by atoms with Gasteiger partial charge in [0.25, 0.3) is 0 Å². The summed E-state index contributed by atoms with van der Waals surface area (Å²) in [5.41, 5.74) is 7.87. The third kappa shape index (κ3) is 8.21. The van der Waals surface area contributed by atoms with Gasteiger partial charge >= 0.3 is 41.0 Å². The van der Waals surface area contributed by atoms with Crippen molar-refractivity contribution in [3.63, 3.8) is 0 Å². The van der Waals surface area contributed by atoms with Gasteiger partial charge in [0, 0.05) is 0 Å². The monoisotopic (exact) mass is 704 g/mol. The van der Waals surface area contributed by atoms with Crippen LogP contribution in [-0.4, -0.2) is 3.26 Å². The maximum Gasteiger partial charge on any atom is -0.0276 e. The van der Waals surface area contributed by atoms with Crippen LogP contribution in [0.2, 0.25) is 0 Å². The van der Waals surface area contributed by atoms with Crippen LogP contribution in [0.5, 0.6) is 0 Å². The summed E-state index contributed by atoms with van der Waals surface area (Å²) in [5.74, 6) is 0. The number of halogens is 2. The normalized spacial score (nSPS) is 9.84. The molecule has 6 aromatic carbocycles. The SMILES string of the molecule is C[C](C)=[Hf+2].Cc1cccc(-c2cccc3[cH-]ccc23)c1.Cc1cccc(-c2cccc3[cH-]ccc23)c1.Cl.Cl. The molecule has 0 aliphatic rings. The van der Waals surface area contributed by atoms with Crippen LogP contribution >= 0.6 is 24.8 Å². The van der Waals surface area contributed by atoms with Gasteiger partial charge in [0.05, 0.1) is 0 Å². The number of hydrogen-bond donors (Lipinski definition) is 0. The van der Waals surface area contributed by atoms with Gasteiger partial charge in [0.1, 0.15) is 0 Å². The van der Waals surface area contributed by atoms with E-state index in [-0.39, 0.29) is 24.8 Å². The Morgan fingerprint density at radius 1 is 0.553 bits per heavy atom. The van der Waals surface area contributed by atoms with E-state index in [2.05, 4.69) is 149 Å². The van der Waals surface area contributed by atoms with E-state index in [4.69, 9.17) is 0 Å². The van der Waals surface area contributed by atoms with Crippen molar-refractivity contribution in [2.75, 3.05) is 0 Å². The summed E-state index contributed by atoms with van der Waals surface area (Å²) in [5, 5.41) is 5.32. The molecular weight excluding hydrogens is 670 g/mol. The molecule has 0 N–H and O–H groups in total. The molecule has 0 aliphatic carbocycles. The molecule has 0 aromatic heterocycles. The molecular formula is C35H34Cl2Hf. The van der Waals surface area contributed by atoms with Crippen molar-refractivity contribution in [2.24, 2.45) is 0 Å². The molecule has 0 unspecified atom stereocenters. The summed E-state index contributed by atoms with van der Waals surface area (Å²) in [6.07, 6.45) is 0. The molecule has 0 saturated carbocycles. The van der Waals surface area contributed by atoms with Crippen molar-refractivity contribution in [3.05, 3.63) is 132 Å². The van der Waals surface area contributed by atoms with Crippen molar-refractivity contribution >= 4 is 49.6 Å². The van der Waals surface area contributed by atoms with E-state index in [1.165, 1.54) is 78.8 Å². The fraction of sp³-hybridized carbons (Fsp3) is 0.114. The molecule has 3 heteroatoms. The minimum absolute atomic E-state index is 0. The minimum atomic E-state index is 0. The van der Waals surface area contributed by atoms with Crippen molar-refractivity contribution in [2.45, 2.75) is 27.7 Å². The summed E-state index contributed by atoms with van der Waals surface area (Å²) in [4.78, 5) is 0. The predicted octanol–water partition coefficient (Wildman–Crippen LogP) is 10.7. The number of rotatable bonds is 2. The Bertz CT molecular complexity index is 1480. The van der Waals surface area contributed by atoms with Gasteiger partial charge in [-0.3, -0.25) is 0 Å². The van der Waals surface area contributed by atoms with Crippen LogP contribution in [0.15, 0.2) is 121 Å². The molecule has 0 nitrogen and oxygen atoms in total. The Morgan fingerprint density at radius 2 is 0.921 bits per heavy atom. The molecule has 0 bridgehead atoms. The average Bonchev–Trinajstić information content (AvgIpc) is 3.53. The van der Waals surface area contributed by atoms with Crippen LogP contribution in [0, 0.1) is 13.8 Å². The predicted molar refractivity (Wildman–Crippen MR) is 170 cm³/mol. The Balaban J connectivity index is 0.000000224. The van der Waals surface area contributed by atoms with Crippen molar-refractivity contribution in [3.8, 4) is 22.3 Å². The molecule has 0 heterocycles. The summed E-state index contributed by atoms with van der Waals surface area (Å²) in [6, 6.07) is 43.2. The first-order valence-corrected chi connectivity index (χ1v) is 14.2. The third-order valence-electron chi connectivity index (χ3n) is 6.02. The molecule has 38 heavy (non-hydrogen) atoms. The fourth-order valence-electron chi connectivity index (χ4n) is 4.45. The summed E-state index contributed by atoms with van der Waals surface area (Å²) in [6.45, 7) is 8.56. The first-order valence-electron chi connectivity index (χ1n) is 12.4. The summed E-state index contributed by atoms with van der Waals surface area (Å²) in [7, 11) is 0. The van der Waals surface area contributed by atoms with Gasteiger partial charge in [-0.2, -0.15) is 24.3 Å². The summed E-state index contributed by atoms with van der Waals surface area (Å²) >= 11 is 1.27. The third-order valence-corrected chi connectivity index (χ3v) is 6.02. The number of benzene rings is 4. The van der Waals surface area contributed by atoms with Gasteiger partial charge in [-0.15, -0.1) is 82.8 Å². The zero-order chi connectivity index (χ0) is 25.5. The molecule has 0 amide bonds. The number of hydrogen-bond acceptors (Lipinski definition) is 0. The Hall–Kier alpha value is -2.58. The van der Waals surface area contributed by atoms with Gasteiger partial charge in [-0.05, 0) is 25.0 Å². The van der Waals surface area contributed by atoms with Crippen LogP contribution in [0.4, 0.5) is 0 Å². The Kier molecular flexibility index (Phi) is 12.6. The second-order valence-electron chi connectivity index (χ2n) is 9.41. The van der Waals surface area contributed by atoms with Crippen LogP contribution in [0.25, 0.3) is 43.8 Å². The van der Waals surface area contributed by atoms with Gasteiger partial charge in [-0.1, -0.05) is 82.9 Å². The van der Waals surface area contributed by atoms with Gasteiger partial charge in [-0.25, -0.2) is 0 Å². The second kappa shape index (κ2) is 15.1. The van der Waals surface area contributed by atoms with Gasteiger partial charge in [0.15, 0.2) is 0 Å². The average molecular weight is 704 g/mol. The number of aryl methyl sites for hydroxylation is 2. The van der Waals surface area contributed by atoms with Crippen molar-refractivity contribution < 1.29 is 23.9 Å². The smallest absolute Gasteiger partial charge is 0.0276 e. The van der Waals surface area contributed by atoms with Gasteiger partial charge in [0.2, 0.25) is 0 Å². The van der Waals surface area contributed by atoms with Crippen LogP contribution in [0.3, 0.4) is 0 Å². The van der Waals surface area contributed by atoms with Crippen LogP contribution in [0.1, 0.15) is 25.0 Å². The first-order chi connectivity index (χ1) is 17.4. The van der Waals surface area contributed by atoms with E-state index in [1.807, 2.05) is 0 Å². The molecule has 0 fully saturated rings. The molecule has 6 rings (SSSR count). The van der Waals surface area contributed by atoms with E-state index in [9.17, 15) is 0 Å². The maximum absolute atomic E-state index is 2.24.